The van der Waals surface area contributed by atoms with Gasteiger partial charge in [-0.15, -0.1) is 26.3 Å². The van der Waals surface area contributed by atoms with Crippen molar-refractivity contribution < 1.29 is 56.1 Å². The number of rotatable bonds is 6. The van der Waals surface area contributed by atoms with Crippen LogP contribution in [-0.4, -0.2) is 29.6 Å². The Labute approximate surface area is 164 Å². The van der Waals surface area contributed by atoms with Crippen molar-refractivity contribution in [3.8, 4) is 0 Å². The van der Waals surface area contributed by atoms with Crippen LogP contribution in [0.25, 0.3) is 4.13 Å². The molecule has 0 aliphatic heterocycles. The highest BCUT2D eigenvalue weighted by molar-refractivity contribution is 8.08. The SMILES string of the molecule is O=S(=O)([N-]S(=O)(=O)OC(F)(F)F)OC(F)(F)F.c1ccc(C[n+]2ccsc2)cc1. The number of hydrogen-bond acceptors (Lipinski definition) is 7. The summed E-state index contributed by atoms with van der Waals surface area (Å²) in [5.74, 6) is 0. The lowest BCUT2D eigenvalue weighted by Gasteiger charge is -2.20. The van der Waals surface area contributed by atoms with Crippen LogP contribution in [0.2, 0.25) is 0 Å². The summed E-state index contributed by atoms with van der Waals surface area (Å²) < 4.78 is 117. The average molecular weight is 488 g/mol. The molecule has 0 amide bonds. The maximum atomic E-state index is 11.3. The van der Waals surface area contributed by atoms with Crippen LogP contribution in [0, 0.1) is 0 Å². The van der Waals surface area contributed by atoms with Gasteiger partial charge in [-0.05, 0) is 0 Å². The molecule has 0 N–H and O–H groups in total. The van der Waals surface area contributed by atoms with Gasteiger partial charge in [0.05, 0.1) is 5.38 Å². The highest BCUT2D eigenvalue weighted by Crippen LogP contribution is 2.28. The van der Waals surface area contributed by atoms with Crippen molar-refractivity contribution in [2.75, 3.05) is 0 Å². The zero-order valence-corrected chi connectivity index (χ0v) is 16.1. The highest BCUT2D eigenvalue weighted by atomic mass is 32.3. The van der Waals surface area contributed by atoms with Crippen LogP contribution in [0.3, 0.4) is 0 Å². The molecule has 17 heteroatoms. The van der Waals surface area contributed by atoms with Crippen LogP contribution in [-0.2, 0) is 35.5 Å². The number of thiazole rings is 1. The van der Waals surface area contributed by atoms with Gasteiger partial charge in [0.2, 0.25) is 26.1 Å². The van der Waals surface area contributed by atoms with Gasteiger partial charge in [0, 0.05) is 5.56 Å². The second-order valence-electron chi connectivity index (χ2n) is 4.67. The summed E-state index contributed by atoms with van der Waals surface area (Å²) in [6, 6.07) is 10.5. The molecule has 2 aromatic rings. The Morgan fingerprint density at radius 2 is 1.38 bits per heavy atom. The first-order valence-electron chi connectivity index (χ1n) is 6.81. The van der Waals surface area contributed by atoms with Crippen LogP contribution >= 0.6 is 11.3 Å². The van der Waals surface area contributed by atoms with Crippen molar-refractivity contribution >= 4 is 31.9 Å². The molecule has 0 unspecified atom stereocenters. The Balaban J connectivity index is 0.000000304. The molecular weight excluding hydrogens is 478 g/mol. The molecule has 1 heterocycles. The number of halogens is 6. The average Bonchev–Trinajstić information content (AvgIpc) is 2.95. The Morgan fingerprint density at radius 3 is 1.76 bits per heavy atom. The first-order chi connectivity index (χ1) is 13.1. The Morgan fingerprint density at radius 1 is 0.897 bits per heavy atom. The Bertz CT molecular complexity index is 916. The molecule has 2 rings (SSSR count). The number of nitrogens with zero attached hydrogens (tertiary/aromatic N) is 2. The summed E-state index contributed by atoms with van der Waals surface area (Å²) >= 11 is 1.72. The van der Waals surface area contributed by atoms with Crippen molar-refractivity contribution in [2.24, 2.45) is 0 Å². The Kier molecular flexibility index (Phi) is 8.54. The molecule has 8 nitrogen and oxygen atoms in total. The number of benzene rings is 1. The molecule has 0 radical (unpaired) electrons. The zero-order valence-electron chi connectivity index (χ0n) is 13.7. The molecule has 0 spiro atoms. The second kappa shape index (κ2) is 9.81. The van der Waals surface area contributed by atoms with Crippen LogP contribution in [0.5, 0.6) is 0 Å². The number of aromatic nitrogens is 1. The monoisotopic (exact) mass is 488 g/mol. The molecule has 29 heavy (non-hydrogen) atoms. The van der Waals surface area contributed by atoms with Crippen molar-refractivity contribution in [3.05, 3.63) is 57.1 Å². The lowest BCUT2D eigenvalue weighted by atomic mass is 10.2. The minimum absolute atomic E-state index is 0.977. The molecule has 0 saturated heterocycles. The lowest BCUT2D eigenvalue weighted by Crippen LogP contribution is -2.30. The summed E-state index contributed by atoms with van der Waals surface area (Å²) in [7, 11) is -12.4. The maximum absolute atomic E-state index is 11.3. The summed E-state index contributed by atoms with van der Waals surface area (Å²) in [5, 5.41) is 2.09. The predicted octanol–water partition coefficient (Wildman–Crippen LogP) is 3.01. The van der Waals surface area contributed by atoms with Gasteiger partial charge < -0.3 is 4.13 Å². The minimum Gasteiger partial charge on any atom is -0.387 e. The number of alkyl halides is 6. The van der Waals surface area contributed by atoms with Gasteiger partial charge in [-0.25, -0.2) is 16.8 Å². The van der Waals surface area contributed by atoms with Gasteiger partial charge in [0.1, 0.15) is 0 Å². The first-order valence-corrected chi connectivity index (χ1v) is 10.5. The van der Waals surface area contributed by atoms with Crippen molar-refractivity contribution in [2.45, 2.75) is 19.3 Å². The van der Waals surface area contributed by atoms with Crippen LogP contribution in [0.1, 0.15) is 5.56 Å². The van der Waals surface area contributed by atoms with E-state index in [2.05, 4.69) is 54.3 Å². The van der Waals surface area contributed by atoms with Crippen LogP contribution in [0.15, 0.2) is 47.4 Å². The molecule has 0 aliphatic rings. The van der Waals surface area contributed by atoms with Crippen molar-refractivity contribution in [1.29, 1.82) is 0 Å². The number of hydrogen-bond donors (Lipinski definition) is 0. The van der Waals surface area contributed by atoms with E-state index >= 15 is 0 Å². The van der Waals surface area contributed by atoms with Gasteiger partial charge >= 0.3 is 12.7 Å². The lowest BCUT2D eigenvalue weighted by molar-refractivity contribution is -0.683. The molecular formula is C12H10F6N2O6S3. The maximum Gasteiger partial charge on any atom is 0.536 e. The summed E-state index contributed by atoms with van der Waals surface area (Å²) in [6.07, 6.45) is -9.61. The smallest absolute Gasteiger partial charge is 0.387 e. The van der Waals surface area contributed by atoms with Crippen molar-refractivity contribution in [1.82, 2.24) is 0 Å². The molecule has 164 valence electrons. The van der Waals surface area contributed by atoms with E-state index in [0.29, 0.717) is 0 Å². The van der Waals surface area contributed by atoms with Crippen LogP contribution < -0.4 is 4.57 Å². The standard InChI is InChI=1S/C10H10NS.C2F6NO6S2/c1-2-4-10(5-3-1)8-11-6-7-12-9-11;3-1(4,5)14-16(10,11)9-17(12,13)15-2(6,7)8/h1-7,9H,8H2;/q+1;-1. The third-order valence-corrected chi connectivity index (χ3v) is 5.25. The molecule has 0 atom stereocenters. The molecule has 1 aromatic heterocycles. The van der Waals surface area contributed by atoms with E-state index in [1.165, 1.54) is 9.69 Å². The van der Waals surface area contributed by atoms with E-state index in [1.807, 2.05) is 6.07 Å². The predicted molar refractivity (Wildman–Crippen MR) is 85.5 cm³/mol. The Hall–Kier alpha value is -1.79. The van der Waals surface area contributed by atoms with E-state index in [1.54, 1.807) is 11.3 Å². The van der Waals surface area contributed by atoms with Gasteiger partial charge in [-0.3, -0.25) is 0 Å². The fourth-order valence-electron chi connectivity index (χ4n) is 1.53. The molecule has 0 fully saturated rings. The van der Waals surface area contributed by atoms with Crippen LogP contribution in [0.4, 0.5) is 26.3 Å². The normalized spacial score (nSPS) is 12.9. The third kappa shape index (κ3) is 12.4. The fraction of sp³-hybridized carbons (Fsp3) is 0.250. The quantitative estimate of drug-likeness (QED) is 0.457. The largest absolute Gasteiger partial charge is 0.536 e. The molecule has 0 bridgehead atoms. The van der Waals surface area contributed by atoms with E-state index in [4.69, 9.17) is 0 Å². The minimum atomic E-state index is -6.18. The topological polar surface area (TPSA) is 105 Å². The van der Waals surface area contributed by atoms with Crippen molar-refractivity contribution in [3.63, 3.8) is 0 Å². The van der Waals surface area contributed by atoms with E-state index in [0.717, 1.165) is 6.54 Å². The van der Waals surface area contributed by atoms with Gasteiger partial charge in [-0.1, -0.05) is 41.7 Å². The summed E-state index contributed by atoms with van der Waals surface area (Å²) in [5.41, 5.74) is 3.47. The first kappa shape index (κ1) is 25.2. The molecule has 0 saturated carbocycles. The highest BCUT2D eigenvalue weighted by Gasteiger charge is 2.37. The zero-order chi connectivity index (χ0) is 22.3. The van der Waals surface area contributed by atoms with E-state index < -0.39 is 33.3 Å². The fourth-order valence-corrected chi connectivity index (χ4v) is 3.74. The molecule has 0 aliphatic carbocycles. The summed E-state index contributed by atoms with van der Waals surface area (Å²) in [6.45, 7) is 0.977. The third-order valence-electron chi connectivity index (χ3n) is 2.32. The van der Waals surface area contributed by atoms with E-state index in [-0.39, 0.29) is 0 Å². The summed E-state index contributed by atoms with van der Waals surface area (Å²) in [4.78, 5) is 0. The molecule has 1 aromatic carbocycles. The van der Waals surface area contributed by atoms with E-state index in [9.17, 15) is 43.2 Å². The van der Waals surface area contributed by atoms with Gasteiger partial charge in [-0.2, -0.15) is 12.9 Å². The van der Waals surface area contributed by atoms with Gasteiger partial charge in [0.25, 0.3) is 0 Å². The van der Waals surface area contributed by atoms with Gasteiger partial charge in [0.15, 0.2) is 12.7 Å². The second-order valence-corrected chi connectivity index (χ2v) is 8.07.